The molecule has 0 amide bonds. The van der Waals surface area contributed by atoms with Gasteiger partial charge in [0.25, 0.3) is 0 Å². The van der Waals surface area contributed by atoms with Crippen LogP contribution in [0.2, 0.25) is 0 Å². The molecule has 0 aromatic heterocycles. The molecule has 1 heterocycles. The monoisotopic (exact) mass is 207 g/mol. The first-order valence-electron chi connectivity index (χ1n) is 4.64. The number of hydrogen-bond donors (Lipinski definition) is 0. The van der Waals surface area contributed by atoms with Gasteiger partial charge in [-0.2, -0.15) is 0 Å². The van der Waals surface area contributed by atoms with Crippen molar-refractivity contribution in [2.45, 2.75) is 44.2 Å². The van der Waals surface area contributed by atoms with Crippen LogP contribution in [-0.2, 0) is 4.52 Å². The van der Waals surface area contributed by atoms with Gasteiger partial charge in [0.1, 0.15) is 0 Å². The average Bonchev–Trinajstić information content (AvgIpc) is 2.30. The summed E-state index contributed by atoms with van der Waals surface area (Å²) < 4.78 is 7.94. The van der Waals surface area contributed by atoms with Crippen molar-refractivity contribution in [2.24, 2.45) is 0 Å². The van der Waals surface area contributed by atoms with E-state index in [1.165, 1.54) is 32.1 Å². The van der Waals surface area contributed by atoms with E-state index in [0.29, 0.717) is 12.1 Å². The van der Waals surface area contributed by atoms with E-state index >= 15 is 0 Å². The van der Waals surface area contributed by atoms with Gasteiger partial charge in [-0.15, -0.1) is 0 Å². The van der Waals surface area contributed by atoms with Gasteiger partial charge in [0.2, 0.25) is 7.65 Å². The zero-order chi connectivity index (χ0) is 8.55. The second kappa shape index (κ2) is 3.79. The highest BCUT2D eigenvalue weighted by molar-refractivity contribution is 7.78. The molecule has 2 nitrogen and oxygen atoms in total. The van der Waals surface area contributed by atoms with Gasteiger partial charge < -0.3 is 4.52 Å². The molecule has 1 aliphatic heterocycles. The Balaban J connectivity index is 2.04. The Bertz CT molecular complexity index is 169. The predicted octanol–water partition coefficient (Wildman–Crippen LogP) is 3.12. The summed E-state index contributed by atoms with van der Waals surface area (Å²) in [5.41, 5.74) is 0. The van der Waals surface area contributed by atoms with Crippen LogP contribution in [0.15, 0.2) is 0 Å². The molecule has 1 aliphatic carbocycles. The summed E-state index contributed by atoms with van der Waals surface area (Å²) in [5, 5.41) is 0. The normalized spacial score (nSPS) is 44.0. The topological polar surface area (TPSA) is 12.5 Å². The Morgan fingerprint density at radius 2 is 2.08 bits per heavy atom. The highest BCUT2D eigenvalue weighted by Gasteiger charge is 2.39. The molecule has 0 N–H and O–H groups in total. The molecular formula is C8H15ClNOP. The molecule has 0 spiro atoms. The fourth-order valence-electron chi connectivity index (χ4n) is 2.11. The fraction of sp³-hybridized carbons (Fsp3) is 1.00. The molecule has 1 saturated carbocycles. The number of likely N-dealkylation sites (N-methyl/N-ethyl adjacent to an activating group) is 1. The highest BCUT2D eigenvalue weighted by Crippen LogP contribution is 2.56. The van der Waals surface area contributed by atoms with Crippen LogP contribution in [0.4, 0.5) is 0 Å². The van der Waals surface area contributed by atoms with Crippen molar-refractivity contribution < 1.29 is 4.52 Å². The Morgan fingerprint density at radius 1 is 1.33 bits per heavy atom. The van der Waals surface area contributed by atoms with Crippen molar-refractivity contribution >= 4 is 18.9 Å². The lowest BCUT2D eigenvalue weighted by Gasteiger charge is -2.19. The molecule has 1 saturated heterocycles. The summed E-state index contributed by atoms with van der Waals surface area (Å²) in [7, 11) is 1.31. The van der Waals surface area contributed by atoms with Crippen molar-refractivity contribution in [3.05, 3.63) is 0 Å². The van der Waals surface area contributed by atoms with Crippen LogP contribution in [-0.4, -0.2) is 23.9 Å². The molecule has 0 bridgehead atoms. The van der Waals surface area contributed by atoms with E-state index in [4.69, 9.17) is 15.8 Å². The lowest BCUT2D eigenvalue weighted by atomic mass is 10.1. The third-order valence-electron chi connectivity index (χ3n) is 2.87. The van der Waals surface area contributed by atoms with E-state index in [1.807, 2.05) is 0 Å². The second-order valence-corrected chi connectivity index (χ2v) is 5.81. The van der Waals surface area contributed by atoms with Crippen LogP contribution in [0.5, 0.6) is 0 Å². The van der Waals surface area contributed by atoms with E-state index in [1.54, 1.807) is 0 Å². The van der Waals surface area contributed by atoms with E-state index < -0.39 is 7.65 Å². The SMILES string of the molecule is CN1C2CCCCC[C@H]2OP1Cl. The Hall–Kier alpha value is 0.640. The summed E-state index contributed by atoms with van der Waals surface area (Å²) in [6, 6.07) is 0.608. The molecule has 70 valence electrons. The van der Waals surface area contributed by atoms with E-state index in [9.17, 15) is 0 Å². The predicted molar refractivity (Wildman–Crippen MR) is 52.3 cm³/mol. The molecule has 12 heavy (non-hydrogen) atoms. The smallest absolute Gasteiger partial charge is 0.207 e. The van der Waals surface area contributed by atoms with Crippen molar-refractivity contribution in [1.82, 2.24) is 4.67 Å². The summed E-state index contributed by atoms with van der Waals surface area (Å²) in [6.45, 7) is 0. The highest BCUT2D eigenvalue weighted by atomic mass is 35.7. The molecule has 3 atom stereocenters. The van der Waals surface area contributed by atoms with Gasteiger partial charge in [0.15, 0.2) is 0 Å². The average molecular weight is 208 g/mol. The largest absolute Gasteiger partial charge is 0.326 e. The molecule has 2 rings (SSSR count). The summed E-state index contributed by atoms with van der Waals surface area (Å²) >= 11 is 6.06. The first-order chi connectivity index (χ1) is 5.79. The zero-order valence-electron chi connectivity index (χ0n) is 7.37. The number of fused-ring (bicyclic) bond motifs is 1. The van der Waals surface area contributed by atoms with E-state index in [2.05, 4.69) is 11.7 Å². The first-order valence-corrected chi connectivity index (χ1v) is 6.76. The Kier molecular flexibility index (Phi) is 2.91. The molecular weight excluding hydrogens is 193 g/mol. The first kappa shape index (κ1) is 9.21. The Morgan fingerprint density at radius 3 is 2.92 bits per heavy atom. The summed E-state index contributed by atoms with van der Waals surface area (Å²) in [4.78, 5) is 0. The zero-order valence-corrected chi connectivity index (χ0v) is 9.02. The second-order valence-electron chi connectivity index (χ2n) is 3.65. The van der Waals surface area contributed by atoms with Gasteiger partial charge in [-0.05, 0) is 31.1 Å². The van der Waals surface area contributed by atoms with Crippen LogP contribution < -0.4 is 0 Å². The molecule has 2 aliphatic rings. The third kappa shape index (κ3) is 1.63. The van der Waals surface area contributed by atoms with Gasteiger partial charge in [-0.3, -0.25) is 0 Å². The number of nitrogens with zero attached hydrogens (tertiary/aromatic N) is 1. The van der Waals surface area contributed by atoms with Crippen molar-refractivity contribution in [3.63, 3.8) is 0 Å². The Labute approximate surface area is 79.9 Å². The maximum Gasteiger partial charge on any atom is 0.207 e. The quantitative estimate of drug-likeness (QED) is 0.566. The van der Waals surface area contributed by atoms with Gasteiger partial charge in [-0.1, -0.05) is 19.3 Å². The fourth-order valence-corrected chi connectivity index (χ4v) is 3.87. The minimum Gasteiger partial charge on any atom is -0.326 e. The minimum atomic E-state index is -0.783. The number of hydrogen-bond acceptors (Lipinski definition) is 2. The molecule has 2 fully saturated rings. The number of halogens is 1. The molecule has 0 radical (unpaired) electrons. The van der Waals surface area contributed by atoms with Crippen molar-refractivity contribution in [3.8, 4) is 0 Å². The standard InChI is InChI=1S/C8H15ClNOP/c1-10-7-5-3-2-4-6-8(7)11-12(10)9/h7-8H,2-6H2,1H3/t7?,8-,12?/m1/s1. The lowest BCUT2D eigenvalue weighted by Crippen LogP contribution is -2.29. The summed E-state index contributed by atoms with van der Waals surface area (Å²) in [6.07, 6.45) is 6.93. The van der Waals surface area contributed by atoms with Gasteiger partial charge in [0, 0.05) is 6.04 Å². The van der Waals surface area contributed by atoms with Crippen LogP contribution in [0, 0.1) is 0 Å². The summed E-state index contributed by atoms with van der Waals surface area (Å²) in [5.74, 6) is 0. The number of rotatable bonds is 0. The van der Waals surface area contributed by atoms with E-state index in [-0.39, 0.29) is 0 Å². The van der Waals surface area contributed by atoms with Gasteiger partial charge in [-0.25, -0.2) is 4.67 Å². The third-order valence-corrected chi connectivity index (χ3v) is 5.06. The minimum absolute atomic E-state index is 0.432. The van der Waals surface area contributed by atoms with Crippen LogP contribution in [0.1, 0.15) is 32.1 Å². The lowest BCUT2D eigenvalue weighted by molar-refractivity contribution is 0.194. The van der Waals surface area contributed by atoms with Crippen LogP contribution in [0.3, 0.4) is 0 Å². The molecule has 2 unspecified atom stereocenters. The molecule has 0 aromatic carbocycles. The maximum atomic E-state index is 6.06. The van der Waals surface area contributed by atoms with Crippen molar-refractivity contribution in [1.29, 1.82) is 0 Å². The van der Waals surface area contributed by atoms with Gasteiger partial charge >= 0.3 is 0 Å². The molecule has 0 aromatic rings. The van der Waals surface area contributed by atoms with Crippen LogP contribution in [0.25, 0.3) is 0 Å². The maximum absolute atomic E-state index is 6.06. The van der Waals surface area contributed by atoms with Gasteiger partial charge in [0.05, 0.1) is 6.10 Å². The van der Waals surface area contributed by atoms with E-state index in [0.717, 1.165) is 0 Å². The van der Waals surface area contributed by atoms with Crippen LogP contribution >= 0.6 is 18.9 Å². The van der Waals surface area contributed by atoms with Crippen molar-refractivity contribution in [2.75, 3.05) is 7.05 Å². The molecule has 4 heteroatoms.